The van der Waals surface area contributed by atoms with Gasteiger partial charge in [0.1, 0.15) is 0 Å². The maximum atomic E-state index is 10.8. The summed E-state index contributed by atoms with van der Waals surface area (Å²) in [5, 5.41) is 10.8. The molecule has 0 saturated heterocycles. The van der Waals surface area contributed by atoms with Gasteiger partial charge in [-0.25, -0.2) is 9.98 Å². The van der Waals surface area contributed by atoms with Crippen LogP contribution in [0.3, 0.4) is 0 Å². The lowest BCUT2D eigenvalue weighted by atomic mass is 10.2. The normalized spacial score (nSPS) is 10.6. The first-order valence-electron chi connectivity index (χ1n) is 4.96. The molecule has 17 heavy (non-hydrogen) atoms. The molecule has 2 rings (SSSR count). The summed E-state index contributed by atoms with van der Waals surface area (Å²) >= 11 is 0. The third-order valence-corrected chi connectivity index (χ3v) is 2.12. The van der Waals surface area contributed by atoms with E-state index in [2.05, 4.69) is 9.98 Å². The molecular formula is C12H9N3O2. The lowest BCUT2D eigenvalue weighted by Gasteiger charge is -1.95. The Bertz CT molecular complexity index is 553. The Balaban J connectivity index is 2.30. The van der Waals surface area contributed by atoms with Crippen molar-refractivity contribution in [2.24, 2.45) is 4.99 Å². The molecule has 0 atom stereocenters. The van der Waals surface area contributed by atoms with Crippen molar-refractivity contribution in [3.05, 3.63) is 64.3 Å². The van der Waals surface area contributed by atoms with E-state index >= 15 is 0 Å². The summed E-state index contributed by atoms with van der Waals surface area (Å²) in [4.78, 5) is 18.4. The molecule has 0 N–H and O–H groups in total. The lowest BCUT2D eigenvalue weighted by molar-refractivity contribution is -0.385. The Morgan fingerprint density at radius 2 is 1.94 bits per heavy atom. The minimum Gasteiger partial charge on any atom is -0.258 e. The van der Waals surface area contributed by atoms with Gasteiger partial charge in [0.15, 0.2) is 5.82 Å². The lowest BCUT2D eigenvalue weighted by Crippen LogP contribution is -1.93. The molecule has 2 aromatic rings. The number of para-hydroxylation sites is 1. The molecule has 1 aromatic carbocycles. The second-order valence-corrected chi connectivity index (χ2v) is 3.26. The van der Waals surface area contributed by atoms with Crippen LogP contribution in [0.4, 0.5) is 11.5 Å². The number of nitro groups is 1. The van der Waals surface area contributed by atoms with Gasteiger partial charge < -0.3 is 0 Å². The molecule has 0 spiro atoms. The van der Waals surface area contributed by atoms with Crippen LogP contribution in [0.25, 0.3) is 0 Å². The van der Waals surface area contributed by atoms with E-state index in [4.69, 9.17) is 0 Å². The van der Waals surface area contributed by atoms with E-state index < -0.39 is 4.92 Å². The van der Waals surface area contributed by atoms with Crippen molar-refractivity contribution in [3.8, 4) is 0 Å². The van der Waals surface area contributed by atoms with E-state index in [0.29, 0.717) is 11.4 Å². The monoisotopic (exact) mass is 227 g/mol. The van der Waals surface area contributed by atoms with Crippen LogP contribution in [0.15, 0.2) is 53.7 Å². The fraction of sp³-hybridized carbons (Fsp3) is 0. The molecule has 0 fully saturated rings. The minimum absolute atomic E-state index is 0.0344. The van der Waals surface area contributed by atoms with E-state index in [9.17, 15) is 10.1 Å². The van der Waals surface area contributed by atoms with Crippen LogP contribution in [0, 0.1) is 10.1 Å². The van der Waals surface area contributed by atoms with Crippen LogP contribution < -0.4 is 0 Å². The zero-order valence-electron chi connectivity index (χ0n) is 8.85. The molecule has 84 valence electrons. The molecule has 0 aliphatic heterocycles. The fourth-order valence-corrected chi connectivity index (χ4v) is 1.33. The average Bonchev–Trinajstić information content (AvgIpc) is 2.38. The van der Waals surface area contributed by atoms with Crippen LogP contribution in [-0.4, -0.2) is 16.1 Å². The second-order valence-electron chi connectivity index (χ2n) is 3.26. The van der Waals surface area contributed by atoms with Gasteiger partial charge in [0.2, 0.25) is 0 Å². The van der Waals surface area contributed by atoms with Gasteiger partial charge in [0.25, 0.3) is 5.69 Å². The summed E-state index contributed by atoms with van der Waals surface area (Å²) in [6.45, 7) is 0. The average molecular weight is 227 g/mol. The molecule has 0 aliphatic rings. The Morgan fingerprint density at radius 1 is 1.18 bits per heavy atom. The summed E-state index contributed by atoms with van der Waals surface area (Å²) < 4.78 is 0. The number of aliphatic imine (C=N–C) groups is 1. The zero-order valence-corrected chi connectivity index (χ0v) is 8.85. The highest BCUT2D eigenvalue weighted by molar-refractivity contribution is 5.86. The molecule has 0 unspecified atom stereocenters. The van der Waals surface area contributed by atoms with Crippen molar-refractivity contribution in [1.29, 1.82) is 0 Å². The molecule has 1 heterocycles. The van der Waals surface area contributed by atoms with Crippen LogP contribution in [0.1, 0.15) is 5.56 Å². The van der Waals surface area contributed by atoms with Crippen LogP contribution >= 0.6 is 0 Å². The standard InChI is InChI=1S/C12H9N3O2/c16-15(17)11-6-2-1-5-10(11)9-14-12-7-3-4-8-13-12/h1-9H/b14-9+. The van der Waals surface area contributed by atoms with Crippen molar-refractivity contribution in [1.82, 2.24) is 4.98 Å². The Labute approximate surface area is 97.6 Å². The summed E-state index contributed by atoms with van der Waals surface area (Å²) in [6.07, 6.45) is 3.06. The fourth-order valence-electron chi connectivity index (χ4n) is 1.33. The highest BCUT2D eigenvalue weighted by Gasteiger charge is 2.09. The van der Waals surface area contributed by atoms with Gasteiger partial charge in [-0.1, -0.05) is 18.2 Å². The van der Waals surface area contributed by atoms with Gasteiger partial charge >= 0.3 is 0 Å². The van der Waals surface area contributed by atoms with Gasteiger partial charge in [0, 0.05) is 18.5 Å². The molecule has 0 saturated carbocycles. The molecule has 0 aliphatic carbocycles. The Hall–Kier alpha value is -2.56. The van der Waals surface area contributed by atoms with Gasteiger partial charge in [0.05, 0.1) is 10.5 Å². The van der Waals surface area contributed by atoms with Crippen LogP contribution in [-0.2, 0) is 0 Å². The van der Waals surface area contributed by atoms with E-state index in [1.807, 2.05) is 0 Å². The molecule has 0 radical (unpaired) electrons. The Morgan fingerprint density at radius 3 is 2.65 bits per heavy atom. The van der Waals surface area contributed by atoms with Crippen LogP contribution in [0.5, 0.6) is 0 Å². The number of benzene rings is 1. The molecule has 5 heteroatoms. The summed E-state index contributed by atoms with van der Waals surface area (Å²) in [6, 6.07) is 11.8. The number of hydrogen-bond acceptors (Lipinski definition) is 4. The van der Waals surface area contributed by atoms with Crippen molar-refractivity contribution in [3.63, 3.8) is 0 Å². The van der Waals surface area contributed by atoms with Gasteiger partial charge in [-0.15, -0.1) is 0 Å². The van der Waals surface area contributed by atoms with Crippen molar-refractivity contribution in [2.75, 3.05) is 0 Å². The van der Waals surface area contributed by atoms with Gasteiger partial charge in [-0.05, 0) is 18.2 Å². The van der Waals surface area contributed by atoms with Gasteiger partial charge in [-0.2, -0.15) is 0 Å². The molecule has 5 nitrogen and oxygen atoms in total. The third kappa shape index (κ3) is 2.72. The van der Waals surface area contributed by atoms with Crippen molar-refractivity contribution in [2.45, 2.75) is 0 Å². The maximum absolute atomic E-state index is 10.8. The van der Waals surface area contributed by atoms with E-state index in [1.165, 1.54) is 12.3 Å². The number of nitro benzene ring substituents is 1. The summed E-state index contributed by atoms with van der Waals surface area (Å²) in [5.41, 5.74) is 0.496. The predicted molar refractivity (Wildman–Crippen MR) is 64.6 cm³/mol. The number of rotatable bonds is 3. The number of hydrogen-bond donors (Lipinski definition) is 0. The second kappa shape index (κ2) is 4.98. The first-order chi connectivity index (χ1) is 8.27. The first kappa shape index (κ1) is 10.9. The predicted octanol–water partition coefficient (Wildman–Crippen LogP) is 2.74. The third-order valence-electron chi connectivity index (χ3n) is 2.12. The largest absolute Gasteiger partial charge is 0.278 e. The molecule has 0 amide bonds. The van der Waals surface area contributed by atoms with Crippen LogP contribution in [0.2, 0.25) is 0 Å². The summed E-state index contributed by atoms with van der Waals surface area (Å²) in [5.74, 6) is 0.519. The highest BCUT2D eigenvalue weighted by atomic mass is 16.6. The first-order valence-corrected chi connectivity index (χ1v) is 4.96. The van der Waals surface area contributed by atoms with Crippen molar-refractivity contribution >= 4 is 17.7 Å². The molecule has 1 aromatic heterocycles. The van der Waals surface area contributed by atoms with Crippen molar-refractivity contribution < 1.29 is 4.92 Å². The molecular weight excluding hydrogens is 218 g/mol. The zero-order chi connectivity index (χ0) is 12.1. The number of pyridine rings is 1. The SMILES string of the molecule is O=[N+]([O-])c1ccccc1/C=N/c1ccccn1. The Kier molecular flexibility index (Phi) is 3.20. The van der Waals surface area contributed by atoms with Gasteiger partial charge in [-0.3, -0.25) is 10.1 Å². The maximum Gasteiger partial charge on any atom is 0.278 e. The minimum atomic E-state index is -0.431. The molecule has 0 bridgehead atoms. The topological polar surface area (TPSA) is 68.4 Å². The van der Waals surface area contributed by atoms with E-state index in [-0.39, 0.29) is 5.69 Å². The number of aromatic nitrogens is 1. The highest BCUT2D eigenvalue weighted by Crippen LogP contribution is 2.16. The van der Waals surface area contributed by atoms with E-state index in [1.54, 1.807) is 42.6 Å². The number of nitrogens with zero attached hydrogens (tertiary/aromatic N) is 3. The summed E-state index contributed by atoms with van der Waals surface area (Å²) in [7, 11) is 0. The smallest absolute Gasteiger partial charge is 0.258 e. The van der Waals surface area contributed by atoms with E-state index in [0.717, 1.165) is 0 Å². The quantitative estimate of drug-likeness (QED) is 0.460.